The Morgan fingerprint density at radius 2 is 1.41 bits per heavy atom. The standard InChI is InChI=1S/C32H37NO4/c1-17-9-11-22(15-19(17)3)26-21(5)27(23-12-10-18(2)20(4)16-23)29-24(13-14-25(34)33-29)28(26)30(31(35)36)37-32(6,7)8/h9-12,15-16,30H,13-14H2,1-8H3,(H,33,34)(H,35,36)/t30-/m0/s1. The van der Waals surface area contributed by atoms with Gasteiger partial charge in [-0.25, -0.2) is 4.79 Å². The molecule has 1 heterocycles. The van der Waals surface area contributed by atoms with Gasteiger partial charge in [-0.3, -0.25) is 4.79 Å². The van der Waals surface area contributed by atoms with Gasteiger partial charge in [-0.2, -0.15) is 0 Å². The van der Waals surface area contributed by atoms with Crippen molar-refractivity contribution in [1.29, 1.82) is 0 Å². The second-order valence-corrected chi connectivity index (χ2v) is 11.2. The van der Waals surface area contributed by atoms with Crippen molar-refractivity contribution < 1.29 is 19.4 Å². The van der Waals surface area contributed by atoms with Crippen molar-refractivity contribution >= 4 is 17.6 Å². The lowest BCUT2D eigenvalue weighted by molar-refractivity contribution is -0.160. The first-order chi connectivity index (χ1) is 17.3. The van der Waals surface area contributed by atoms with Crippen molar-refractivity contribution in [3.05, 3.63) is 75.3 Å². The third-order valence-electron chi connectivity index (χ3n) is 7.31. The van der Waals surface area contributed by atoms with Gasteiger partial charge in [0, 0.05) is 17.5 Å². The molecule has 2 N–H and O–H groups in total. The number of carbonyl (C=O) groups excluding carboxylic acids is 1. The van der Waals surface area contributed by atoms with Gasteiger partial charge in [-0.1, -0.05) is 36.4 Å². The number of hydrogen-bond donors (Lipinski definition) is 2. The van der Waals surface area contributed by atoms with E-state index >= 15 is 0 Å². The first-order valence-electron chi connectivity index (χ1n) is 12.8. The van der Waals surface area contributed by atoms with E-state index in [4.69, 9.17) is 4.74 Å². The first kappa shape index (κ1) is 26.6. The van der Waals surface area contributed by atoms with Crippen LogP contribution >= 0.6 is 0 Å². The molecule has 1 aliphatic heterocycles. The predicted octanol–water partition coefficient (Wildman–Crippen LogP) is 7.39. The van der Waals surface area contributed by atoms with Gasteiger partial charge in [0.2, 0.25) is 5.91 Å². The summed E-state index contributed by atoms with van der Waals surface area (Å²) in [7, 11) is 0. The highest BCUT2D eigenvalue weighted by atomic mass is 16.5. The van der Waals surface area contributed by atoms with Crippen LogP contribution in [-0.2, 0) is 20.7 Å². The van der Waals surface area contributed by atoms with Crippen LogP contribution in [0.15, 0.2) is 36.4 Å². The van der Waals surface area contributed by atoms with Crippen molar-refractivity contribution in [2.45, 2.75) is 79.9 Å². The molecular weight excluding hydrogens is 462 g/mol. The quantitative estimate of drug-likeness (QED) is 0.384. The summed E-state index contributed by atoms with van der Waals surface area (Å²) < 4.78 is 6.22. The van der Waals surface area contributed by atoms with Crippen molar-refractivity contribution in [1.82, 2.24) is 0 Å². The van der Waals surface area contributed by atoms with Crippen LogP contribution in [0, 0.1) is 34.6 Å². The number of fused-ring (bicyclic) bond motifs is 1. The maximum Gasteiger partial charge on any atom is 0.337 e. The molecule has 1 amide bonds. The minimum Gasteiger partial charge on any atom is -0.479 e. The number of rotatable bonds is 5. The summed E-state index contributed by atoms with van der Waals surface area (Å²) in [6, 6.07) is 12.6. The van der Waals surface area contributed by atoms with Crippen LogP contribution in [0.2, 0.25) is 0 Å². The summed E-state index contributed by atoms with van der Waals surface area (Å²) in [5.41, 5.74) is 10.8. The number of hydrogen-bond acceptors (Lipinski definition) is 3. The topological polar surface area (TPSA) is 75.6 Å². The molecule has 0 spiro atoms. The fourth-order valence-electron chi connectivity index (χ4n) is 5.19. The number of nitrogens with one attached hydrogen (secondary N) is 1. The molecule has 37 heavy (non-hydrogen) atoms. The molecule has 1 atom stereocenters. The van der Waals surface area contributed by atoms with Gasteiger partial charge in [0.1, 0.15) is 0 Å². The van der Waals surface area contributed by atoms with Gasteiger partial charge < -0.3 is 15.2 Å². The molecule has 0 aliphatic carbocycles. The number of aryl methyl sites for hydroxylation is 4. The fraction of sp³-hybridized carbons (Fsp3) is 0.375. The lowest BCUT2D eigenvalue weighted by Crippen LogP contribution is -2.30. The van der Waals surface area contributed by atoms with Gasteiger partial charge in [0.25, 0.3) is 0 Å². The molecular formula is C32H37NO4. The SMILES string of the molecule is Cc1ccc(-c2c(C)c(-c3ccc(C)c(C)c3)c([C@H](OC(C)(C)C)C(=O)O)c3c2NC(=O)CC3)cc1C. The Kier molecular flexibility index (Phi) is 7.04. The van der Waals surface area contributed by atoms with Gasteiger partial charge in [-0.05, 0) is 112 Å². The average Bonchev–Trinajstić information content (AvgIpc) is 2.80. The summed E-state index contributed by atoms with van der Waals surface area (Å²) in [5, 5.41) is 13.6. The summed E-state index contributed by atoms with van der Waals surface area (Å²) in [6.07, 6.45) is -0.444. The van der Waals surface area contributed by atoms with Gasteiger partial charge >= 0.3 is 5.97 Å². The molecule has 0 saturated carbocycles. The monoisotopic (exact) mass is 499 g/mol. The number of amides is 1. The van der Waals surface area contributed by atoms with Crippen molar-refractivity contribution in [3.8, 4) is 22.3 Å². The molecule has 5 nitrogen and oxygen atoms in total. The molecule has 3 aromatic carbocycles. The Morgan fingerprint density at radius 3 is 1.89 bits per heavy atom. The van der Waals surface area contributed by atoms with Crippen LogP contribution in [0.5, 0.6) is 0 Å². The van der Waals surface area contributed by atoms with E-state index in [0.29, 0.717) is 24.1 Å². The van der Waals surface area contributed by atoms with Crippen LogP contribution in [0.3, 0.4) is 0 Å². The van der Waals surface area contributed by atoms with E-state index in [1.54, 1.807) is 0 Å². The highest BCUT2D eigenvalue weighted by Gasteiger charge is 2.36. The van der Waals surface area contributed by atoms with Crippen LogP contribution in [0.25, 0.3) is 22.3 Å². The highest BCUT2D eigenvalue weighted by molar-refractivity contribution is 6.03. The number of carbonyl (C=O) groups is 2. The molecule has 0 aromatic heterocycles. The highest BCUT2D eigenvalue weighted by Crippen LogP contribution is 2.48. The molecule has 0 saturated heterocycles. The van der Waals surface area contributed by atoms with E-state index in [2.05, 4.69) is 69.4 Å². The Balaban J connectivity index is 2.17. The number of aliphatic carboxylic acids is 1. The molecule has 3 aromatic rings. The normalized spacial score (nSPS) is 14.2. The van der Waals surface area contributed by atoms with Crippen LogP contribution in [-0.4, -0.2) is 22.6 Å². The Labute approximate surface area is 219 Å². The van der Waals surface area contributed by atoms with Crippen molar-refractivity contribution in [3.63, 3.8) is 0 Å². The first-order valence-corrected chi connectivity index (χ1v) is 12.8. The lowest BCUT2D eigenvalue weighted by atomic mass is 9.79. The smallest absolute Gasteiger partial charge is 0.337 e. The Morgan fingerprint density at radius 1 is 0.865 bits per heavy atom. The maximum absolute atomic E-state index is 12.8. The minimum atomic E-state index is -1.19. The number of carboxylic acid groups (broad SMARTS) is 1. The zero-order valence-corrected chi connectivity index (χ0v) is 23.1. The second kappa shape index (κ2) is 9.79. The van der Waals surface area contributed by atoms with Gasteiger partial charge in [0.05, 0.1) is 11.3 Å². The zero-order valence-electron chi connectivity index (χ0n) is 23.1. The van der Waals surface area contributed by atoms with Crippen LogP contribution in [0.1, 0.15) is 72.2 Å². The fourth-order valence-corrected chi connectivity index (χ4v) is 5.19. The number of benzene rings is 3. The maximum atomic E-state index is 12.8. The zero-order chi connectivity index (χ0) is 27.2. The van der Waals surface area contributed by atoms with Crippen molar-refractivity contribution in [2.24, 2.45) is 0 Å². The molecule has 0 bridgehead atoms. The lowest BCUT2D eigenvalue weighted by Gasteiger charge is -2.33. The Hall–Kier alpha value is -3.44. The average molecular weight is 500 g/mol. The second-order valence-electron chi connectivity index (χ2n) is 11.2. The van der Waals surface area contributed by atoms with E-state index in [-0.39, 0.29) is 5.91 Å². The molecule has 1 aliphatic rings. The minimum absolute atomic E-state index is 0.0644. The van der Waals surface area contributed by atoms with E-state index < -0.39 is 17.7 Å². The predicted molar refractivity (Wildman–Crippen MR) is 149 cm³/mol. The Bertz CT molecular complexity index is 1410. The molecule has 0 unspecified atom stereocenters. The van der Waals surface area contributed by atoms with Crippen LogP contribution < -0.4 is 5.32 Å². The molecule has 4 rings (SSSR count). The molecule has 194 valence electrons. The van der Waals surface area contributed by atoms with Crippen LogP contribution in [0.4, 0.5) is 5.69 Å². The van der Waals surface area contributed by atoms with E-state index in [9.17, 15) is 14.7 Å². The number of anilines is 1. The van der Waals surface area contributed by atoms with Gasteiger partial charge in [0.15, 0.2) is 6.10 Å². The third kappa shape index (κ3) is 5.19. The summed E-state index contributed by atoms with van der Waals surface area (Å²) in [4.78, 5) is 25.4. The molecule has 5 heteroatoms. The van der Waals surface area contributed by atoms with E-state index in [0.717, 1.165) is 44.5 Å². The van der Waals surface area contributed by atoms with Gasteiger partial charge in [-0.15, -0.1) is 0 Å². The largest absolute Gasteiger partial charge is 0.479 e. The van der Waals surface area contributed by atoms with Crippen molar-refractivity contribution in [2.75, 3.05) is 5.32 Å². The van der Waals surface area contributed by atoms with E-state index in [1.165, 1.54) is 11.1 Å². The van der Waals surface area contributed by atoms with E-state index in [1.807, 2.05) is 27.7 Å². The molecule has 0 fully saturated rings. The summed E-state index contributed by atoms with van der Waals surface area (Å²) in [6.45, 7) is 15.9. The number of carboxylic acids is 1. The molecule has 0 radical (unpaired) electrons. The number of ether oxygens (including phenoxy) is 1. The summed E-state index contributed by atoms with van der Waals surface area (Å²) >= 11 is 0. The summed E-state index contributed by atoms with van der Waals surface area (Å²) in [5.74, 6) is -1.11. The third-order valence-corrected chi connectivity index (χ3v) is 7.31.